The maximum atomic E-state index is 14.1. The summed E-state index contributed by atoms with van der Waals surface area (Å²) in [5.74, 6) is -0.531. The highest BCUT2D eigenvalue weighted by atomic mass is 16.2. The molecule has 1 aliphatic carbocycles. The van der Waals surface area contributed by atoms with Crippen molar-refractivity contribution in [3.05, 3.63) is 64.8 Å². The van der Waals surface area contributed by atoms with Gasteiger partial charge in [0.15, 0.2) is 6.04 Å². The van der Waals surface area contributed by atoms with Gasteiger partial charge in [-0.05, 0) is 34.8 Å². The summed E-state index contributed by atoms with van der Waals surface area (Å²) in [6.45, 7) is 10.4. The number of aromatic nitrogens is 3. The summed E-state index contributed by atoms with van der Waals surface area (Å²) in [5.41, 5.74) is -0.343. The van der Waals surface area contributed by atoms with Crippen molar-refractivity contribution in [2.45, 2.75) is 52.7 Å². The zero-order valence-electron chi connectivity index (χ0n) is 22.7. The van der Waals surface area contributed by atoms with Gasteiger partial charge in [0.05, 0.1) is 12.3 Å². The lowest BCUT2D eigenvalue weighted by Crippen LogP contribution is -2.57. The van der Waals surface area contributed by atoms with Crippen molar-refractivity contribution in [1.29, 1.82) is 5.26 Å². The van der Waals surface area contributed by atoms with Gasteiger partial charge < -0.3 is 20.5 Å². The molecule has 1 aromatic carbocycles. The highest BCUT2D eigenvalue weighted by molar-refractivity contribution is 5.94. The van der Waals surface area contributed by atoms with Gasteiger partial charge in [0.25, 0.3) is 5.56 Å². The molecule has 5 atom stereocenters. The first-order valence-electron chi connectivity index (χ1n) is 13.1. The Morgan fingerprint density at radius 3 is 2.64 bits per heavy atom. The van der Waals surface area contributed by atoms with Crippen LogP contribution >= 0.6 is 0 Å². The fourth-order valence-electron chi connectivity index (χ4n) is 5.97. The minimum atomic E-state index is -1.03. The van der Waals surface area contributed by atoms with Gasteiger partial charge in [-0.15, -0.1) is 0 Å². The third-order valence-corrected chi connectivity index (χ3v) is 8.28. The molecule has 3 aromatic rings. The number of carbonyl (C=O) groups is 2. The number of nitrogens with one attached hydrogen (secondary N) is 3. The quantitative estimate of drug-likeness (QED) is 0.447. The molecule has 39 heavy (non-hydrogen) atoms. The van der Waals surface area contributed by atoms with Gasteiger partial charge in [0.2, 0.25) is 11.8 Å². The number of pyridine rings is 1. The molecule has 3 heterocycles. The number of amides is 2. The van der Waals surface area contributed by atoms with Gasteiger partial charge in [-0.2, -0.15) is 15.5 Å². The monoisotopic (exact) mass is 527 g/mol. The van der Waals surface area contributed by atoms with Crippen molar-refractivity contribution in [2.24, 2.45) is 22.7 Å². The summed E-state index contributed by atoms with van der Waals surface area (Å²) in [6.07, 6.45) is 3.14. The Balaban J connectivity index is 1.44. The number of anilines is 1. The summed E-state index contributed by atoms with van der Waals surface area (Å²) >= 11 is 0. The van der Waals surface area contributed by atoms with E-state index >= 15 is 0 Å². The molecule has 1 unspecified atom stereocenters. The summed E-state index contributed by atoms with van der Waals surface area (Å²) in [6, 6.07) is 10.4. The summed E-state index contributed by atoms with van der Waals surface area (Å²) in [5, 5.41) is 25.7. The van der Waals surface area contributed by atoms with Gasteiger partial charge in [0.1, 0.15) is 23.5 Å². The minimum Gasteiger partial charge on any atom is -0.369 e. The van der Waals surface area contributed by atoms with Gasteiger partial charge in [0, 0.05) is 23.5 Å². The number of benzene rings is 1. The van der Waals surface area contributed by atoms with Crippen molar-refractivity contribution in [1.82, 2.24) is 25.4 Å². The van der Waals surface area contributed by atoms with E-state index in [-0.39, 0.29) is 34.4 Å². The van der Waals surface area contributed by atoms with Crippen LogP contribution in [0, 0.1) is 34.0 Å². The van der Waals surface area contributed by atoms with E-state index in [1.54, 1.807) is 23.2 Å². The maximum Gasteiger partial charge on any atom is 0.271 e. The third-order valence-electron chi connectivity index (χ3n) is 8.28. The van der Waals surface area contributed by atoms with E-state index in [0.29, 0.717) is 12.2 Å². The zero-order valence-corrected chi connectivity index (χ0v) is 22.7. The van der Waals surface area contributed by atoms with Gasteiger partial charge in [-0.25, -0.2) is 0 Å². The first-order chi connectivity index (χ1) is 18.4. The average molecular weight is 528 g/mol. The van der Waals surface area contributed by atoms with Crippen LogP contribution in [0.15, 0.2) is 53.6 Å². The van der Waals surface area contributed by atoms with Crippen molar-refractivity contribution in [3.63, 3.8) is 0 Å². The highest BCUT2D eigenvalue weighted by Gasteiger charge is 2.69. The number of likely N-dealkylation sites (tertiary alicyclic amines) is 1. The van der Waals surface area contributed by atoms with E-state index in [9.17, 15) is 19.6 Å². The van der Waals surface area contributed by atoms with E-state index in [2.05, 4.69) is 45.7 Å². The fraction of sp³-hybridized carbons (Fsp3) is 0.448. The van der Waals surface area contributed by atoms with Crippen LogP contribution in [-0.4, -0.2) is 50.5 Å². The Bertz CT molecular complexity index is 1530. The zero-order chi connectivity index (χ0) is 28.1. The molecule has 2 amide bonds. The maximum absolute atomic E-state index is 14.1. The number of piperidine rings is 1. The Labute approximate surface area is 226 Å². The van der Waals surface area contributed by atoms with Crippen LogP contribution in [0.4, 0.5) is 5.69 Å². The molecule has 1 aliphatic heterocycles. The van der Waals surface area contributed by atoms with E-state index in [4.69, 9.17) is 0 Å². The van der Waals surface area contributed by atoms with E-state index in [1.165, 1.54) is 6.20 Å². The molecule has 0 bridgehead atoms. The minimum absolute atomic E-state index is 0.0415. The number of fused-ring (bicyclic) bond motifs is 2. The number of nitrogens with zero attached hydrogens (tertiary/aromatic N) is 4. The molecular weight excluding hydrogens is 494 g/mol. The molecular formula is C29H33N7O3. The Hall–Kier alpha value is -4.26. The molecule has 10 nitrogen and oxygen atoms in total. The first-order valence-corrected chi connectivity index (χ1v) is 13.1. The summed E-state index contributed by atoms with van der Waals surface area (Å²) < 4.78 is 0. The molecule has 0 radical (unpaired) electrons. The SMILES string of the molecule is CC(C)(C)[C@H](Nc1ccc[nH]c1=O)C(=O)N1C[C@H]2[C@@H]([C@H]1C(=O)NC(C#N)c1nncc3ccccc13)C2(C)C. The molecule has 2 fully saturated rings. The molecule has 10 heteroatoms. The Morgan fingerprint density at radius 1 is 1.21 bits per heavy atom. The molecule has 202 valence electrons. The number of hydrogen-bond acceptors (Lipinski definition) is 7. The van der Waals surface area contributed by atoms with Crippen LogP contribution in [0.1, 0.15) is 46.4 Å². The highest BCUT2D eigenvalue weighted by Crippen LogP contribution is 2.65. The number of carbonyl (C=O) groups excluding carboxylic acids is 2. The Morgan fingerprint density at radius 2 is 1.95 bits per heavy atom. The third kappa shape index (κ3) is 4.62. The van der Waals surface area contributed by atoms with E-state index in [1.807, 2.05) is 45.0 Å². The summed E-state index contributed by atoms with van der Waals surface area (Å²) in [4.78, 5) is 44.6. The van der Waals surface area contributed by atoms with Crippen LogP contribution in [0.3, 0.4) is 0 Å². The lowest BCUT2D eigenvalue weighted by atomic mass is 9.85. The standard InChI is InChI=1S/C29H33N7O3/c1-28(2,3)24(33-19-11-8-12-31-25(19)37)27(39)36-15-18-21(29(18,4)5)23(36)26(38)34-20(13-30)22-17-10-7-6-9-16(17)14-32-35-22/h6-12,14,18,20-21,23-24,33H,15H2,1-5H3,(H,31,37)(H,34,38)/t18-,20?,21-,23-,24+/m0/s1. The number of aromatic amines is 1. The van der Waals surface area contributed by atoms with Crippen LogP contribution in [0.25, 0.3) is 10.8 Å². The average Bonchev–Trinajstić information content (AvgIpc) is 3.22. The molecule has 0 spiro atoms. The van der Waals surface area contributed by atoms with Crippen LogP contribution < -0.4 is 16.2 Å². The smallest absolute Gasteiger partial charge is 0.271 e. The van der Waals surface area contributed by atoms with Crippen LogP contribution in [-0.2, 0) is 9.59 Å². The number of H-pyrrole nitrogens is 1. The normalized spacial score (nSPS) is 22.9. The lowest BCUT2D eigenvalue weighted by molar-refractivity contribution is -0.142. The first kappa shape index (κ1) is 26.4. The lowest BCUT2D eigenvalue weighted by Gasteiger charge is -2.38. The number of nitriles is 1. The predicted molar refractivity (Wildman–Crippen MR) is 146 cm³/mol. The summed E-state index contributed by atoms with van der Waals surface area (Å²) in [7, 11) is 0. The molecule has 2 aliphatic rings. The van der Waals surface area contributed by atoms with E-state index < -0.39 is 29.4 Å². The molecule has 5 rings (SSSR count). The number of rotatable bonds is 6. The van der Waals surface area contributed by atoms with Crippen molar-refractivity contribution < 1.29 is 9.59 Å². The second-order valence-electron chi connectivity index (χ2n) is 12.1. The number of hydrogen-bond donors (Lipinski definition) is 3. The molecule has 2 aromatic heterocycles. The largest absolute Gasteiger partial charge is 0.369 e. The van der Waals surface area contributed by atoms with Gasteiger partial charge in [-0.3, -0.25) is 14.4 Å². The van der Waals surface area contributed by atoms with Crippen molar-refractivity contribution in [2.75, 3.05) is 11.9 Å². The van der Waals surface area contributed by atoms with Crippen molar-refractivity contribution in [3.8, 4) is 6.07 Å². The molecule has 1 saturated carbocycles. The Kier molecular flexibility index (Phi) is 6.41. The van der Waals surface area contributed by atoms with Gasteiger partial charge in [-0.1, -0.05) is 58.9 Å². The fourth-order valence-corrected chi connectivity index (χ4v) is 5.97. The van der Waals surface area contributed by atoms with E-state index in [0.717, 1.165) is 10.8 Å². The predicted octanol–water partition coefficient (Wildman–Crippen LogP) is 3.01. The topological polar surface area (TPSA) is 144 Å². The molecule has 1 saturated heterocycles. The van der Waals surface area contributed by atoms with Crippen LogP contribution in [0.2, 0.25) is 0 Å². The van der Waals surface area contributed by atoms with Crippen molar-refractivity contribution >= 4 is 28.3 Å². The second-order valence-corrected chi connectivity index (χ2v) is 12.1. The second kappa shape index (κ2) is 9.49. The van der Waals surface area contributed by atoms with Crippen LogP contribution in [0.5, 0.6) is 0 Å². The van der Waals surface area contributed by atoms with Gasteiger partial charge >= 0.3 is 0 Å². The molecule has 3 N–H and O–H groups in total.